The Balaban J connectivity index is 1.57. The van der Waals surface area contributed by atoms with Crippen LogP contribution in [-0.4, -0.2) is 43.5 Å². The lowest BCUT2D eigenvalue weighted by molar-refractivity contribution is -0.119. The van der Waals surface area contributed by atoms with Crippen molar-refractivity contribution in [3.05, 3.63) is 47.4 Å². The van der Waals surface area contributed by atoms with E-state index in [4.69, 9.17) is 9.15 Å². The number of furan rings is 1. The van der Waals surface area contributed by atoms with Gasteiger partial charge in [-0.3, -0.25) is 14.5 Å². The molecule has 0 radical (unpaired) electrons. The molecule has 1 aliphatic heterocycles. The summed E-state index contributed by atoms with van der Waals surface area (Å²) in [6.07, 6.45) is 2.41. The summed E-state index contributed by atoms with van der Waals surface area (Å²) >= 11 is 0. The summed E-state index contributed by atoms with van der Waals surface area (Å²) in [5.41, 5.74) is 2.16. The van der Waals surface area contributed by atoms with E-state index < -0.39 is 0 Å². The van der Waals surface area contributed by atoms with Crippen LogP contribution in [0.2, 0.25) is 0 Å². The fraction of sp³-hybridized carbons (Fsp3) is 0.455. The van der Waals surface area contributed by atoms with Crippen molar-refractivity contribution in [2.24, 2.45) is 5.92 Å². The molecule has 2 aromatic rings. The van der Waals surface area contributed by atoms with E-state index in [0.29, 0.717) is 17.1 Å². The molecule has 7 heteroatoms. The third-order valence-corrected chi connectivity index (χ3v) is 5.17. The van der Waals surface area contributed by atoms with Crippen LogP contribution in [-0.2, 0) is 16.1 Å². The van der Waals surface area contributed by atoms with Crippen LogP contribution in [0.3, 0.4) is 0 Å². The van der Waals surface area contributed by atoms with Gasteiger partial charge in [-0.15, -0.1) is 0 Å². The highest BCUT2D eigenvalue weighted by molar-refractivity contribution is 6.02. The standard InChI is InChI=1S/C22H29N3O4/c1-15-8-10-25(11-9-15)13-18-5-7-20(29-18)22(27)23-17-4-6-19(16(2)12-17)24-21(26)14-28-3/h4-7,12,15H,8-11,13-14H2,1-3H3,(H,23,27)(H,24,26). The average molecular weight is 399 g/mol. The van der Waals surface area contributed by atoms with E-state index >= 15 is 0 Å². The lowest BCUT2D eigenvalue weighted by Gasteiger charge is -2.29. The Labute approximate surface area is 171 Å². The van der Waals surface area contributed by atoms with Gasteiger partial charge >= 0.3 is 0 Å². The average Bonchev–Trinajstić information content (AvgIpc) is 3.15. The second-order valence-corrected chi connectivity index (χ2v) is 7.69. The van der Waals surface area contributed by atoms with Crippen LogP contribution in [0.5, 0.6) is 0 Å². The molecule has 29 heavy (non-hydrogen) atoms. The Morgan fingerprint density at radius 1 is 1.17 bits per heavy atom. The number of benzene rings is 1. The highest BCUT2D eigenvalue weighted by Gasteiger charge is 2.18. The van der Waals surface area contributed by atoms with Crippen LogP contribution in [0.4, 0.5) is 11.4 Å². The van der Waals surface area contributed by atoms with Gasteiger partial charge in [-0.25, -0.2) is 0 Å². The second kappa shape index (κ2) is 9.71. The summed E-state index contributed by atoms with van der Waals surface area (Å²) in [6, 6.07) is 8.88. The van der Waals surface area contributed by atoms with Gasteiger partial charge in [-0.1, -0.05) is 6.92 Å². The fourth-order valence-corrected chi connectivity index (χ4v) is 3.42. The zero-order valence-corrected chi connectivity index (χ0v) is 17.3. The number of aryl methyl sites for hydroxylation is 1. The Bertz CT molecular complexity index is 853. The molecule has 0 bridgehead atoms. The van der Waals surface area contributed by atoms with E-state index in [1.807, 2.05) is 13.0 Å². The van der Waals surface area contributed by atoms with Crippen molar-refractivity contribution in [2.45, 2.75) is 33.2 Å². The number of nitrogens with zero attached hydrogens (tertiary/aromatic N) is 1. The molecule has 0 unspecified atom stereocenters. The number of rotatable bonds is 7. The SMILES string of the molecule is COCC(=O)Nc1ccc(NC(=O)c2ccc(CN3CCC(C)CC3)o2)cc1C. The van der Waals surface area contributed by atoms with E-state index in [1.54, 1.807) is 24.3 Å². The van der Waals surface area contributed by atoms with Crippen molar-refractivity contribution in [3.63, 3.8) is 0 Å². The summed E-state index contributed by atoms with van der Waals surface area (Å²) in [7, 11) is 1.47. The van der Waals surface area contributed by atoms with Crippen molar-refractivity contribution in [2.75, 3.05) is 37.4 Å². The quantitative estimate of drug-likeness (QED) is 0.742. The Hall–Kier alpha value is -2.64. The number of hydrogen-bond acceptors (Lipinski definition) is 5. The minimum Gasteiger partial charge on any atom is -0.455 e. The maximum Gasteiger partial charge on any atom is 0.291 e. The van der Waals surface area contributed by atoms with E-state index in [-0.39, 0.29) is 18.4 Å². The largest absolute Gasteiger partial charge is 0.455 e. The number of likely N-dealkylation sites (tertiary alicyclic amines) is 1. The molecule has 7 nitrogen and oxygen atoms in total. The molecule has 0 saturated carbocycles. The van der Waals surface area contributed by atoms with Crippen LogP contribution in [0.25, 0.3) is 0 Å². The van der Waals surface area contributed by atoms with Crippen LogP contribution in [0.1, 0.15) is 41.6 Å². The highest BCUT2D eigenvalue weighted by Crippen LogP contribution is 2.22. The van der Waals surface area contributed by atoms with Gasteiger partial charge in [0.25, 0.3) is 5.91 Å². The normalized spacial score (nSPS) is 15.3. The van der Waals surface area contributed by atoms with Gasteiger partial charge in [0.15, 0.2) is 5.76 Å². The molecule has 2 N–H and O–H groups in total. The highest BCUT2D eigenvalue weighted by atomic mass is 16.5. The van der Waals surface area contributed by atoms with Crippen molar-refractivity contribution in [3.8, 4) is 0 Å². The molecule has 1 aliphatic rings. The molecule has 2 amide bonds. The summed E-state index contributed by atoms with van der Waals surface area (Å²) in [4.78, 5) is 26.5. The van der Waals surface area contributed by atoms with Crippen LogP contribution >= 0.6 is 0 Å². The van der Waals surface area contributed by atoms with Gasteiger partial charge < -0.3 is 19.8 Å². The predicted molar refractivity (Wildman–Crippen MR) is 112 cm³/mol. The first kappa shape index (κ1) is 21.1. The predicted octanol–water partition coefficient (Wildman–Crippen LogP) is 3.66. The summed E-state index contributed by atoms with van der Waals surface area (Å²) < 4.78 is 10.6. The topological polar surface area (TPSA) is 83.8 Å². The molecule has 1 aromatic heterocycles. The number of hydrogen-bond donors (Lipinski definition) is 2. The van der Waals surface area contributed by atoms with Gasteiger partial charge in [-0.2, -0.15) is 0 Å². The number of carbonyl (C=O) groups is 2. The summed E-state index contributed by atoms with van der Waals surface area (Å²) in [5, 5.41) is 5.61. The van der Waals surface area contributed by atoms with Gasteiger partial charge in [0.05, 0.1) is 6.54 Å². The number of carbonyl (C=O) groups excluding carboxylic acids is 2. The fourth-order valence-electron chi connectivity index (χ4n) is 3.42. The number of nitrogens with one attached hydrogen (secondary N) is 2. The zero-order chi connectivity index (χ0) is 20.8. The number of methoxy groups -OCH3 is 1. The first-order valence-electron chi connectivity index (χ1n) is 9.96. The van der Waals surface area contributed by atoms with E-state index in [0.717, 1.165) is 36.9 Å². The van der Waals surface area contributed by atoms with Crippen LogP contribution in [0.15, 0.2) is 34.7 Å². The summed E-state index contributed by atoms with van der Waals surface area (Å²) in [5.74, 6) is 1.36. The Kier molecular flexibility index (Phi) is 7.06. The molecule has 3 rings (SSSR count). The van der Waals surface area contributed by atoms with E-state index in [1.165, 1.54) is 20.0 Å². The molecule has 0 spiro atoms. The Morgan fingerprint density at radius 2 is 1.93 bits per heavy atom. The van der Waals surface area contributed by atoms with Crippen LogP contribution in [0, 0.1) is 12.8 Å². The molecule has 1 aromatic carbocycles. The Morgan fingerprint density at radius 3 is 2.62 bits per heavy atom. The lowest BCUT2D eigenvalue weighted by Crippen LogP contribution is -2.32. The van der Waals surface area contributed by atoms with Gasteiger partial charge in [-0.05, 0) is 74.7 Å². The maximum atomic E-state index is 12.5. The van der Waals surface area contributed by atoms with Crippen molar-refractivity contribution < 1.29 is 18.7 Å². The van der Waals surface area contributed by atoms with Gasteiger partial charge in [0.1, 0.15) is 12.4 Å². The van der Waals surface area contributed by atoms with E-state index in [9.17, 15) is 9.59 Å². The molecular weight excluding hydrogens is 370 g/mol. The first-order valence-corrected chi connectivity index (χ1v) is 9.96. The maximum absolute atomic E-state index is 12.5. The molecule has 1 saturated heterocycles. The molecule has 156 valence electrons. The lowest BCUT2D eigenvalue weighted by atomic mass is 9.99. The van der Waals surface area contributed by atoms with Gasteiger partial charge in [0, 0.05) is 18.5 Å². The smallest absolute Gasteiger partial charge is 0.291 e. The van der Waals surface area contributed by atoms with Crippen molar-refractivity contribution >= 4 is 23.2 Å². The third-order valence-electron chi connectivity index (χ3n) is 5.17. The number of amides is 2. The molecule has 2 heterocycles. The second-order valence-electron chi connectivity index (χ2n) is 7.69. The molecule has 0 atom stereocenters. The molecule has 0 aliphatic carbocycles. The van der Waals surface area contributed by atoms with Crippen molar-refractivity contribution in [1.29, 1.82) is 0 Å². The van der Waals surface area contributed by atoms with Crippen molar-refractivity contribution in [1.82, 2.24) is 4.90 Å². The monoisotopic (exact) mass is 399 g/mol. The summed E-state index contributed by atoms with van der Waals surface area (Å²) in [6.45, 7) is 7.01. The first-order chi connectivity index (χ1) is 13.9. The molecule has 1 fully saturated rings. The number of piperidine rings is 1. The van der Waals surface area contributed by atoms with Crippen LogP contribution < -0.4 is 10.6 Å². The van der Waals surface area contributed by atoms with Gasteiger partial charge in [0.2, 0.25) is 5.91 Å². The number of ether oxygens (including phenoxy) is 1. The minimum atomic E-state index is -0.293. The number of anilines is 2. The third kappa shape index (κ3) is 5.92. The minimum absolute atomic E-state index is 0.00475. The zero-order valence-electron chi connectivity index (χ0n) is 17.3. The van der Waals surface area contributed by atoms with E-state index in [2.05, 4.69) is 22.5 Å². The molecular formula is C22H29N3O4.